The minimum atomic E-state index is -3.44. The highest BCUT2D eigenvalue weighted by Gasteiger charge is 2.20. The SMILES string of the molecule is CC(C)CC(=O)NCCc1ccc(S(=O)(=O)NCC2CCCN2)s1. The van der Waals surface area contributed by atoms with Gasteiger partial charge < -0.3 is 10.6 Å². The third kappa shape index (κ3) is 6.16. The van der Waals surface area contributed by atoms with Crippen molar-refractivity contribution in [2.24, 2.45) is 5.92 Å². The quantitative estimate of drug-likeness (QED) is 0.612. The predicted octanol–water partition coefficient (Wildman–Crippen LogP) is 1.48. The Bertz CT molecular complexity index is 635. The lowest BCUT2D eigenvalue weighted by Gasteiger charge is -2.10. The summed E-state index contributed by atoms with van der Waals surface area (Å²) in [7, 11) is -3.44. The molecule has 1 aromatic rings. The first kappa shape index (κ1) is 19.4. The zero-order valence-corrected chi connectivity index (χ0v) is 15.9. The van der Waals surface area contributed by atoms with Crippen molar-refractivity contribution in [3.05, 3.63) is 17.0 Å². The molecule has 1 aromatic heterocycles. The third-order valence-electron chi connectivity index (χ3n) is 3.87. The van der Waals surface area contributed by atoms with Crippen molar-refractivity contribution in [2.45, 2.75) is 49.8 Å². The molecule has 1 amide bonds. The van der Waals surface area contributed by atoms with Crippen molar-refractivity contribution in [1.29, 1.82) is 0 Å². The molecular formula is C16H27N3O3S2. The van der Waals surface area contributed by atoms with E-state index in [1.165, 1.54) is 11.3 Å². The van der Waals surface area contributed by atoms with Gasteiger partial charge in [-0.3, -0.25) is 4.79 Å². The lowest BCUT2D eigenvalue weighted by atomic mass is 10.1. The van der Waals surface area contributed by atoms with Gasteiger partial charge >= 0.3 is 0 Å². The fourth-order valence-electron chi connectivity index (χ4n) is 2.62. The molecule has 0 bridgehead atoms. The summed E-state index contributed by atoms with van der Waals surface area (Å²) in [6.45, 7) is 5.93. The fraction of sp³-hybridized carbons (Fsp3) is 0.688. The van der Waals surface area contributed by atoms with Crippen LogP contribution in [-0.2, 0) is 21.2 Å². The Balaban J connectivity index is 1.79. The van der Waals surface area contributed by atoms with Crippen LogP contribution in [0.2, 0.25) is 0 Å². The lowest BCUT2D eigenvalue weighted by Crippen LogP contribution is -2.36. The second-order valence-electron chi connectivity index (χ2n) is 6.56. The highest BCUT2D eigenvalue weighted by atomic mass is 32.2. The zero-order valence-electron chi connectivity index (χ0n) is 14.3. The zero-order chi connectivity index (χ0) is 17.6. The number of sulfonamides is 1. The van der Waals surface area contributed by atoms with Gasteiger partial charge in [-0.2, -0.15) is 0 Å². The molecule has 8 heteroatoms. The van der Waals surface area contributed by atoms with Gasteiger partial charge in [-0.15, -0.1) is 11.3 Å². The van der Waals surface area contributed by atoms with Gasteiger partial charge in [0, 0.05) is 30.4 Å². The van der Waals surface area contributed by atoms with Gasteiger partial charge in [0.2, 0.25) is 15.9 Å². The van der Waals surface area contributed by atoms with Crippen LogP contribution in [0, 0.1) is 5.92 Å². The van der Waals surface area contributed by atoms with Crippen LogP contribution >= 0.6 is 11.3 Å². The molecule has 2 heterocycles. The number of hydrogen-bond donors (Lipinski definition) is 3. The van der Waals surface area contributed by atoms with Gasteiger partial charge in [-0.25, -0.2) is 13.1 Å². The topological polar surface area (TPSA) is 87.3 Å². The average molecular weight is 374 g/mol. The van der Waals surface area contributed by atoms with Crippen LogP contribution in [0.1, 0.15) is 38.0 Å². The summed E-state index contributed by atoms with van der Waals surface area (Å²) in [4.78, 5) is 12.6. The van der Waals surface area contributed by atoms with Gasteiger partial charge in [0.25, 0.3) is 0 Å². The van der Waals surface area contributed by atoms with E-state index in [1.54, 1.807) is 6.07 Å². The van der Waals surface area contributed by atoms with E-state index >= 15 is 0 Å². The maximum Gasteiger partial charge on any atom is 0.250 e. The second kappa shape index (κ2) is 8.94. The number of rotatable bonds is 9. The first-order valence-corrected chi connectivity index (χ1v) is 10.8. The van der Waals surface area contributed by atoms with Gasteiger partial charge in [0.05, 0.1) is 0 Å². The van der Waals surface area contributed by atoms with Gasteiger partial charge in [-0.1, -0.05) is 13.8 Å². The molecule has 1 saturated heterocycles. The van der Waals surface area contributed by atoms with Crippen LogP contribution in [0.3, 0.4) is 0 Å². The molecule has 0 saturated carbocycles. The number of hydrogen-bond acceptors (Lipinski definition) is 5. The summed E-state index contributed by atoms with van der Waals surface area (Å²) in [6, 6.07) is 3.69. The van der Waals surface area contributed by atoms with E-state index in [0.29, 0.717) is 36.1 Å². The summed E-state index contributed by atoms with van der Waals surface area (Å²) in [6.07, 6.45) is 3.27. The van der Waals surface area contributed by atoms with Crippen LogP contribution in [-0.4, -0.2) is 40.0 Å². The molecule has 1 aliphatic heterocycles. The van der Waals surface area contributed by atoms with E-state index < -0.39 is 10.0 Å². The molecular weight excluding hydrogens is 346 g/mol. The van der Waals surface area contributed by atoms with E-state index in [4.69, 9.17) is 0 Å². The summed E-state index contributed by atoms with van der Waals surface area (Å²) in [5.41, 5.74) is 0. The van der Waals surface area contributed by atoms with Crippen LogP contribution in [0.15, 0.2) is 16.3 Å². The average Bonchev–Trinajstić information content (AvgIpc) is 3.16. The minimum absolute atomic E-state index is 0.0418. The van der Waals surface area contributed by atoms with Crippen molar-refractivity contribution < 1.29 is 13.2 Å². The minimum Gasteiger partial charge on any atom is -0.356 e. The highest BCUT2D eigenvalue weighted by Crippen LogP contribution is 2.22. The van der Waals surface area contributed by atoms with Crippen LogP contribution in [0.5, 0.6) is 0 Å². The Kier molecular flexibility index (Phi) is 7.21. The Hall–Kier alpha value is -0.960. The number of carbonyl (C=O) groups is 1. The molecule has 0 aromatic carbocycles. The molecule has 1 aliphatic rings. The van der Waals surface area contributed by atoms with Crippen LogP contribution in [0.25, 0.3) is 0 Å². The third-order valence-corrected chi connectivity index (χ3v) is 6.93. The maximum absolute atomic E-state index is 12.3. The Morgan fingerprint density at radius 3 is 2.88 bits per heavy atom. The Labute approximate surface area is 148 Å². The molecule has 0 radical (unpaired) electrons. The van der Waals surface area contributed by atoms with E-state index in [1.807, 2.05) is 19.9 Å². The number of amides is 1. The molecule has 3 N–H and O–H groups in total. The molecule has 24 heavy (non-hydrogen) atoms. The van der Waals surface area contributed by atoms with E-state index in [2.05, 4.69) is 15.4 Å². The van der Waals surface area contributed by atoms with Crippen molar-refractivity contribution in [1.82, 2.24) is 15.4 Å². The Morgan fingerprint density at radius 1 is 1.42 bits per heavy atom. The van der Waals surface area contributed by atoms with Crippen LogP contribution < -0.4 is 15.4 Å². The van der Waals surface area contributed by atoms with Gasteiger partial charge in [0.15, 0.2) is 0 Å². The van der Waals surface area contributed by atoms with Crippen LogP contribution in [0.4, 0.5) is 0 Å². The first-order chi connectivity index (χ1) is 11.4. The monoisotopic (exact) mass is 373 g/mol. The molecule has 0 spiro atoms. The number of nitrogens with one attached hydrogen (secondary N) is 3. The van der Waals surface area contributed by atoms with Crippen molar-refractivity contribution >= 4 is 27.3 Å². The molecule has 6 nitrogen and oxygen atoms in total. The first-order valence-electron chi connectivity index (χ1n) is 8.45. The fourth-order valence-corrected chi connectivity index (χ4v) is 5.10. The largest absolute Gasteiger partial charge is 0.356 e. The number of carbonyl (C=O) groups excluding carboxylic acids is 1. The normalized spacial score (nSPS) is 18.2. The van der Waals surface area contributed by atoms with Gasteiger partial charge in [-0.05, 0) is 43.9 Å². The summed E-state index contributed by atoms with van der Waals surface area (Å²) in [5, 5.41) is 6.14. The maximum atomic E-state index is 12.3. The molecule has 1 unspecified atom stereocenters. The van der Waals surface area contributed by atoms with Crippen molar-refractivity contribution in [2.75, 3.05) is 19.6 Å². The predicted molar refractivity (Wildman–Crippen MR) is 96.7 cm³/mol. The van der Waals surface area contributed by atoms with Crippen molar-refractivity contribution in [3.63, 3.8) is 0 Å². The lowest BCUT2D eigenvalue weighted by molar-refractivity contribution is -0.121. The summed E-state index contributed by atoms with van der Waals surface area (Å²) in [5.74, 6) is 0.379. The van der Waals surface area contributed by atoms with Gasteiger partial charge in [0.1, 0.15) is 4.21 Å². The molecule has 136 valence electrons. The Morgan fingerprint density at radius 2 is 2.21 bits per heavy atom. The number of thiophene rings is 1. The molecule has 1 fully saturated rings. The summed E-state index contributed by atoms with van der Waals surface area (Å²) < 4.78 is 27.6. The van der Waals surface area contributed by atoms with E-state index in [9.17, 15) is 13.2 Å². The van der Waals surface area contributed by atoms with E-state index in [0.717, 1.165) is 24.3 Å². The van der Waals surface area contributed by atoms with E-state index in [-0.39, 0.29) is 11.9 Å². The molecule has 2 rings (SSSR count). The van der Waals surface area contributed by atoms with Crippen molar-refractivity contribution in [3.8, 4) is 0 Å². The summed E-state index contributed by atoms with van der Waals surface area (Å²) >= 11 is 1.27. The smallest absolute Gasteiger partial charge is 0.250 e. The second-order valence-corrected chi connectivity index (χ2v) is 9.73. The molecule has 1 atom stereocenters. The standard InChI is InChI=1S/C16H27N3O3S2/c1-12(2)10-15(20)18-9-7-14-5-6-16(23-14)24(21,22)19-11-13-4-3-8-17-13/h5-6,12-13,17,19H,3-4,7-11H2,1-2H3,(H,18,20). The highest BCUT2D eigenvalue weighted by molar-refractivity contribution is 7.91. The molecule has 0 aliphatic carbocycles.